The summed E-state index contributed by atoms with van der Waals surface area (Å²) in [5, 5.41) is 0. The maximum absolute atomic E-state index is 7.09. The molecule has 0 aromatic rings. The smallest absolute Gasteiger partial charge is 0.277 e. The molecular formula is C17H31NS3. The third-order valence-corrected chi connectivity index (χ3v) is 6.01. The van der Waals surface area contributed by atoms with Crippen molar-refractivity contribution in [1.82, 2.24) is 0 Å². The lowest BCUT2D eigenvalue weighted by atomic mass is 10.1. The van der Waals surface area contributed by atoms with Crippen molar-refractivity contribution in [3.63, 3.8) is 0 Å². The summed E-state index contributed by atoms with van der Waals surface area (Å²) in [6.07, 6.45) is 13.7. The summed E-state index contributed by atoms with van der Waals surface area (Å²) in [5.74, 6) is 1.11. The van der Waals surface area contributed by atoms with E-state index >= 15 is 0 Å². The summed E-state index contributed by atoms with van der Waals surface area (Å²) in [7, 11) is 0. The number of thioether (sulfide) groups is 2. The number of nitrogens with zero attached hydrogens (tertiary/aromatic N) is 1. The van der Waals surface area contributed by atoms with Gasteiger partial charge in [-0.15, -0.1) is 11.8 Å². The van der Waals surface area contributed by atoms with Gasteiger partial charge in [0, 0.05) is 13.8 Å². The van der Waals surface area contributed by atoms with Crippen molar-refractivity contribution >= 4 is 39.3 Å². The van der Waals surface area contributed by atoms with Gasteiger partial charge in [-0.25, -0.2) is 6.57 Å². The van der Waals surface area contributed by atoms with Crippen LogP contribution in [0.1, 0.15) is 85.0 Å². The van der Waals surface area contributed by atoms with Gasteiger partial charge < -0.3 is 0 Å². The minimum Gasteiger partial charge on any atom is -0.299 e. The molecule has 0 bridgehead atoms. The SMILES string of the molecule is [C-]#[N+]C(C)(C)SC(=S)SCCCCCCCCCCCC. The highest BCUT2D eigenvalue weighted by molar-refractivity contribution is 8.47. The molecule has 0 aromatic heterocycles. The van der Waals surface area contributed by atoms with Crippen LogP contribution in [-0.2, 0) is 0 Å². The van der Waals surface area contributed by atoms with Gasteiger partial charge in [0.05, 0.1) is 0 Å². The van der Waals surface area contributed by atoms with Crippen molar-refractivity contribution in [3.05, 3.63) is 11.4 Å². The largest absolute Gasteiger partial charge is 0.299 e. The number of hydrogen-bond acceptors (Lipinski definition) is 3. The molecule has 0 heterocycles. The second-order valence-electron chi connectivity index (χ2n) is 5.94. The van der Waals surface area contributed by atoms with Gasteiger partial charge >= 0.3 is 0 Å². The summed E-state index contributed by atoms with van der Waals surface area (Å²) in [5.41, 5.74) is 0. The van der Waals surface area contributed by atoms with Crippen LogP contribution in [0.25, 0.3) is 4.85 Å². The monoisotopic (exact) mass is 345 g/mol. The topological polar surface area (TPSA) is 4.36 Å². The molecule has 0 saturated heterocycles. The van der Waals surface area contributed by atoms with Gasteiger partial charge in [0.15, 0.2) is 0 Å². The van der Waals surface area contributed by atoms with Crippen molar-refractivity contribution in [2.75, 3.05) is 5.75 Å². The zero-order valence-corrected chi connectivity index (χ0v) is 16.4. The molecule has 0 atom stereocenters. The van der Waals surface area contributed by atoms with E-state index in [1.165, 1.54) is 76.0 Å². The molecule has 0 aliphatic rings. The zero-order chi connectivity index (χ0) is 16.0. The molecule has 21 heavy (non-hydrogen) atoms. The molecule has 0 spiro atoms. The fourth-order valence-corrected chi connectivity index (χ4v) is 4.93. The highest BCUT2D eigenvalue weighted by Crippen LogP contribution is 2.32. The van der Waals surface area contributed by atoms with Crippen molar-refractivity contribution in [1.29, 1.82) is 0 Å². The van der Waals surface area contributed by atoms with E-state index in [0.717, 1.165) is 9.28 Å². The molecule has 1 nitrogen and oxygen atoms in total. The first-order chi connectivity index (χ1) is 10.0. The van der Waals surface area contributed by atoms with Gasteiger partial charge in [-0.1, -0.05) is 76.9 Å². The third-order valence-electron chi connectivity index (χ3n) is 3.32. The first-order valence-electron chi connectivity index (χ1n) is 8.26. The lowest BCUT2D eigenvalue weighted by Gasteiger charge is -2.10. The minimum atomic E-state index is -0.401. The van der Waals surface area contributed by atoms with Crippen LogP contribution in [0, 0.1) is 6.57 Å². The molecule has 0 saturated carbocycles. The number of thiocarbonyl (C=S) groups is 1. The Morgan fingerprint density at radius 2 is 1.43 bits per heavy atom. The zero-order valence-electron chi connectivity index (χ0n) is 14.0. The highest BCUT2D eigenvalue weighted by atomic mass is 32.2. The first-order valence-corrected chi connectivity index (χ1v) is 10.5. The summed E-state index contributed by atoms with van der Waals surface area (Å²) in [4.78, 5) is 3.18. The minimum absolute atomic E-state index is 0.401. The fourth-order valence-electron chi connectivity index (χ4n) is 2.00. The normalized spacial score (nSPS) is 11.3. The van der Waals surface area contributed by atoms with Gasteiger partial charge in [-0.3, -0.25) is 4.85 Å². The second-order valence-corrected chi connectivity index (χ2v) is 9.84. The maximum atomic E-state index is 7.09. The van der Waals surface area contributed by atoms with Crippen LogP contribution in [0.2, 0.25) is 0 Å². The van der Waals surface area contributed by atoms with Crippen molar-refractivity contribution in [2.45, 2.75) is 89.9 Å². The lowest BCUT2D eigenvalue weighted by molar-refractivity contribution is 0.563. The number of rotatable bonds is 12. The van der Waals surface area contributed by atoms with Crippen molar-refractivity contribution in [3.8, 4) is 0 Å². The van der Waals surface area contributed by atoms with E-state index < -0.39 is 4.87 Å². The van der Waals surface area contributed by atoms with Crippen LogP contribution < -0.4 is 0 Å². The molecule has 0 radical (unpaired) electrons. The Morgan fingerprint density at radius 3 is 1.90 bits per heavy atom. The quantitative estimate of drug-likeness (QED) is 0.207. The first kappa shape index (κ1) is 21.3. The van der Waals surface area contributed by atoms with E-state index in [1.54, 1.807) is 11.8 Å². The van der Waals surface area contributed by atoms with E-state index in [0.29, 0.717) is 0 Å². The Morgan fingerprint density at radius 1 is 0.952 bits per heavy atom. The van der Waals surface area contributed by atoms with Crippen LogP contribution in [0.15, 0.2) is 0 Å². The molecule has 0 aliphatic heterocycles. The predicted octanol–water partition coefficient (Wildman–Crippen LogP) is 7.31. The molecule has 0 rings (SSSR count). The Kier molecular flexibility index (Phi) is 14.1. The molecule has 0 aliphatic carbocycles. The fraction of sp³-hybridized carbons (Fsp3) is 0.882. The standard InChI is InChI=1S/C17H31NS3/c1-5-6-7-8-9-10-11-12-13-14-15-20-16(19)21-17(2,3)18-4/h5-15H2,1-3H3. The van der Waals surface area contributed by atoms with Crippen LogP contribution in [-0.4, -0.2) is 14.2 Å². The maximum Gasteiger partial charge on any atom is 0.277 e. The van der Waals surface area contributed by atoms with Crippen molar-refractivity contribution < 1.29 is 0 Å². The van der Waals surface area contributed by atoms with E-state index in [2.05, 4.69) is 11.8 Å². The molecule has 0 aromatic carbocycles. The molecular weight excluding hydrogens is 314 g/mol. The summed E-state index contributed by atoms with van der Waals surface area (Å²) in [6, 6.07) is 0. The average molecular weight is 346 g/mol. The summed E-state index contributed by atoms with van der Waals surface area (Å²) in [6.45, 7) is 13.2. The Balaban J connectivity index is 3.29. The molecule has 122 valence electrons. The Bertz CT molecular complexity index is 308. The average Bonchev–Trinajstić information content (AvgIpc) is 2.44. The lowest BCUT2D eigenvalue weighted by Crippen LogP contribution is -2.09. The molecule has 0 amide bonds. The molecule has 0 N–H and O–H groups in total. The van der Waals surface area contributed by atoms with E-state index in [1.807, 2.05) is 13.8 Å². The van der Waals surface area contributed by atoms with Gasteiger partial charge in [0.1, 0.15) is 3.53 Å². The van der Waals surface area contributed by atoms with Gasteiger partial charge in [-0.2, -0.15) is 0 Å². The van der Waals surface area contributed by atoms with Gasteiger partial charge in [-0.05, 0) is 23.9 Å². The second kappa shape index (κ2) is 13.9. The van der Waals surface area contributed by atoms with Crippen LogP contribution in [0.4, 0.5) is 0 Å². The van der Waals surface area contributed by atoms with E-state index in [-0.39, 0.29) is 0 Å². The van der Waals surface area contributed by atoms with E-state index in [9.17, 15) is 0 Å². The van der Waals surface area contributed by atoms with Gasteiger partial charge in [0.2, 0.25) is 0 Å². The van der Waals surface area contributed by atoms with Gasteiger partial charge in [0.25, 0.3) is 4.87 Å². The van der Waals surface area contributed by atoms with E-state index in [4.69, 9.17) is 18.8 Å². The summed E-state index contributed by atoms with van der Waals surface area (Å²) >= 11 is 8.59. The van der Waals surface area contributed by atoms with Crippen LogP contribution >= 0.6 is 35.7 Å². The van der Waals surface area contributed by atoms with Crippen LogP contribution in [0.3, 0.4) is 0 Å². The Labute approximate surface area is 146 Å². The number of hydrogen-bond donors (Lipinski definition) is 0. The van der Waals surface area contributed by atoms with Crippen molar-refractivity contribution in [2.24, 2.45) is 0 Å². The number of unbranched alkanes of at least 4 members (excludes halogenated alkanes) is 9. The molecule has 0 unspecified atom stereocenters. The Hall–Kier alpha value is 0.280. The molecule has 0 fully saturated rings. The molecule has 4 heteroatoms. The summed E-state index contributed by atoms with van der Waals surface area (Å²) < 4.78 is 0.923. The highest BCUT2D eigenvalue weighted by Gasteiger charge is 2.25. The predicted molar refractivity (Wildman–Crippen MR) is 105 cm³/mol. The van der Waals surface area contributed by atoms with Crippen LogP contribution in [0.5, 0.6) is 0 Å². The third kappa shape index (κ3) is 15.0.